The normalized spacial score (nSPS) is 16.5. The van der Waals surface area contributed by atoms with E-state index in [4.69, 9.17) is 0 Å². The average Bonchev–Trinajstić information content (AvgIpc) is 2.42. The third-order valence-corrected chi connectivity index (χ3v) is 5.13. The molecular formula is C12H24N3O2P2-. The Morgan fingerprint density at radius 2 is 2.11 bits per heavy atom. The van der Waals surface area contributed by atoms with Crippen molar-refractivity contribution in [3.63, 3.8) is 0 Å². The monoisotopic (exact) mass is 304 g/mol. The zero-order valence-electron chi connectivity index (χ0n) is 11.9. The first-order valence-electron chi connectivity index (χ1n) is 6.11. The highest BCUT2D eigenvalue weighted by atomic mass is 31.1. The van der Waals surface area contributed by atoms with E-state index in [2.05, 4.69) is 30.2 Å². The topological polar surface area (TPSA) is 64.6 Å². The molecule has 0 aliphatic rings. The molecular weight excluding hydrogens is 280 g/mol. The van der Waals surface area contributed by atoms with Crippen molar-refractivity contribution >= 4 is 35.4 Å². The molecule has 1 unspecified atom stereocenters. The summed E-state index contributed by atoms with van der Waals surface area (Å²) in [5.74, 6) is 0. The number of hydrogen-bond donors (Lipinski definition) is 3. The maximum absolute atomic E-state index is 11.0. The van der Waals surface area contributed by atoms with Crippen molar-refractivity contribution in [1.82, 2.24) is 15.5 Å². The van der Waals surface area contributed by atoms with Crippen molar-refractivity contribution in [2.24, 2.45) is 0 Å². The van der Waals surface area contributed by atoms with Gasteiger partial charge in [0, 0.05) is 6.54 Å². The summed E-state index contributed by atoms with van der Waals surface area (Å²) in [6.07, 6.45) is 8.14. The number of aliphatic hydroxyl groups is 1. The second-order valence-electron chi connectivity index (χ2n) is 4.26. The largest absolute Gasteiger partial charge is 0.466 e. The minimum absolute atomic E-state index is 0.424. The number of hydrogen-bond acceptors (Lipinski definition) is 4. The molecule has 0 aliphatic heterocycles. The van der Waals surface area contributed by atoms with E-state index in [0.29, 0.717) is 19.5 Å². The summed E-state index contributed by atoms with van der Waals surface area (Å²) in [5, 5.41) is 15.7. The molecule has 0 radical (unpaired) electrons. The molecule has 0 bridgehead atoms. The summed E-state index contributed by atoms with van der Waals surface area (Å²) < 4.78 is 0. The standard InChI is InChI=1S/C12H24N3O2P2/c1-6-10(2)13-7-8-15(9-16)11(17)14-12(3,18-4)19-5/h9,11,13-14,17H,4-8H2,1-3H3/q-1. The Hall–Kier alpha value is -0.310. The van der Waals surface area contributed by atoms with Gasteiger partial charge in [0.1, 0.15) is 5.02 Å². The molecule has 3 N–H and O–H groups in total. The Labute approximate surface area is 119 Å². The molecule has 0 saturated heterocycles. The average molecular weight is 304 g/mol. The predicted octanol–water partition coefficient (Wildman–Crippen LogP) is 1.29. The van der Waals surface area contributed by atoms with Crippen LogP contribution in [0.25, 0.3) is 0 Å². The second-order valence-corrected chi connectivity index (χ2v) is 7.03. The molecule has 110 valence electrons. The minimum atomic E-state index is -1.03. The smallest absolute Gasteiger partial charge is 0.212 e. The molecule has 0 spiro atoms. The van der Waals surface area contributed by atoms with E-state index >= 15 is 0 Å². The lowest BCUT2D eigenvalue weighted by molar-refractivity contribution is -0.129. The lowest BCUT2D eigenvalue weighted by Gasteiger charge is -2.33. The number of carbonyl (C=O) groups is 1. The zero-order valence-corrected chi connectivity index (χ0v) is 13.7. The summed E-state index contributed by atoms with van der Waals surface area (Å²) in [7, 11) is 1.63. The Kier molecular flexibility index (Phi) is 9.42. The quantitative estimate of drug-likeness (QED) is 0.233. The van der Waals surface area contributed by atoms with Crippen LogP contribution in [0.15, 0.2) is 0 Å². The molecule has 0 aromatic heterocycles. The number of amides is 1. The van der Waals surface area contributed by atoms with E-state index < -0.39 is 11.4 Å². The molecule has 0 aromatic carbocycles. The zero-order chi connectivity index (χ0) is 14.9. The van der Waals surface area contributed by atoms with Gasteiger partial charge in [0.15, 0.2) is 6.35 Å². The minimum Gasteiger partial charge on any atom is -0.466 e. The summed E-state index contributed by atoms with van der Waals surface area (Å²) in [4.78, 5) is 12.3. The van der Waals surface area contributed by atoms with Crippen LogP contribution in [0.2, 0.25) is 0 Å². The molecule has 1 atom stereocenters. The number of rotatable bonds is 11. The third-order valence-electron chi connectivity index (χ3n) is 2.79. The highest BCUT2D eigenvalue weighted by molar-refractivity contribution is 7.57. The fourth-order valence-corrected chi connectivity index (χ4v) is 2.04. The van der Waals surface area contributed by atoms with Crippen LogP contribution in [0.5, 0.6) is 0 Å². The highest BCUT2D eigenvalue weighted by Gasteiger charge is 2.23. The molecule has 0 aromatic rings. The van der Waals surface area contributed by atoms with E-state index in [1.165, 1.54) is 4.90 Å². The molecule has 0 rings (SSSR count). The van der Waals surface area contributed by atoms with Gasteiger partial charge in [0.05, 0.1) is 0 Å². The van der Waals surface area contributed by atoms with Gasteiger partial charge in [-0.05, 0) is 13.5 Å². The van der Waals surface area contributed by atoms with E-state index in [1.807, 2.05) is 13.8 Å². The van der Waals surface area contributed by atoms with Crippen LogP contribution in [-0.2, 0) is 4.79 Å². The van der Waals surface area contributed by atoms with E-state index in [-0.39, 0.29) is 0 Å². The van der Waals surface area contributed by atoms with Crippen molar-refractivity contribution in [1.29, 1.82) is 0 Å². The number of nitrogens with one attached hydrogen (secondary N) is 2. The summed E-state index contributed by atoms with van der Waals surface area (Å²) >= 11 is 0. The first kappa shape index (κ1) is 18.7. The van der Waals surface area contributed by atoms with Crippen LogP contribution in [0.4, 0.5) is 0 Å². The lowest BCUT2D eigenvalue weighted by Crippen LogP contribution is -2.52. The Morgan fingerprint density at radius 3 is 2.53 bits per heavy atom. The van der Waals surface area contributed by atoms with Gasteiger partial charge in [0.2, 0.25) is 6.41 Å². The summed E-state index contributed by atoms with van der Waals surface area (Å²) in [6.45, 7) is 6.99. The maximum Gasteiger partial charge on any atom is 0.212 e. The predicted molar refractivity (Wildman–Crippen MR) is 85.6 cm³/mol. The number of nitrogens with zero attached hydrogens (tertiary/aromatic N) is 1. The van der Waals surface area contributed by atoms with Crippen molar-refractivity contribution < 1.29 is 9.90 Å². The Morgan fingerprint density at radius 1 is 1.53 bits per heavy atom. The van der Waals surface area contributed by atoms with Gasteiger partial charge in [-0.2, -0.15) is 13.3 Å². The van der Waals surface area contributed by atoms with Crippen LogP contribution in [0, 0.1) is 6.04 Å². The van der Waals surface area contributed by atoms with Crippen LogP contribution >= 0.6 is 16.4 Å². The molecule has 0 heterocycles. The highest BCUT2D eigenvalue weighted by Crippen LogP contribution is 2.30. The van der Waals surface area contributed by atoms with Crippen molar-refractivity contribution in [2.75, 3.05) is 13.1 Å². The fourth-order valence-electron chi connectivity index (χ4n) is 1.22. The Balaban J connectivity index is 4.32. The molecule has 5 nitrogen and oxygen atoms in total. The van der Waals surface area contributed by atoms with Gasteiger partial charge in [0.25, 0.3) is 0 Å². The first-order chi connectivity index (χ1) is 8.92. The van der Waals surface area contributed by atoms with E-state index in [9.17, 15) is 9.90 Å². The Bertz CT molecular complexity index is 295. The van der Waals surface area contributed by atoms with Crippen molar-refractivity contribution in [3.05, 3.63) is 6.04 Å². The van der Waals surface area contributed by atoms with Crippen LogP contribution < -0.4 is 10.6 Å². The van der Waals surface area contributed by atoms with Crippen LogP contribution in [-0.4, -0.2) is 53.5 Å². The molecule has 0 fully saturated rings. The maximum atomic E-state index is 11.0. The molecule has 0 saturated carbocycles. The first-order valence-corrected chi connectivity index (χ1v) is 8.27. The van der Waals surface area contributed by atoms with E-state index in [0.717, 1.165) is 28.9 Å². The van der Waals surface area contributed by atoms with Crippen molar-refractivity contribution in [2.45, 2.75) is 38.6 Å². The van der Waals surface area contributed by atoms with Gasteiger partial charge in [-0.3, -0.25) is 16.2 Å². The van der Waals surface area contributed by atoms with Crippen LogP contribution in [0.3, 0.4) is 0 Å². The van der Waals surface area contributed by atoms with Gasteiger partial charge >= 0.3 is 0 Å². The van der Waals surface area contributed by atoms with Crippen LogP contribution in [0.1, 0.15) is 27.2 Å². The third kappa shape index (κ3) is 7.14. The summed E-state index contributed by atoms with van der Waals surface area (Å²) in [6, 6.07) is 1.16. The van der Waals surface area contributed by atoms with Gasteiger partial charge < -0.3 is 15.3 Å². The summed E-state index contributed by atoms with van der Waals surface area (Å²) in [5.41, 5.74) is 0. The van der Waals surface area contributed by atoms with Gasteiger partial charge in [-0.1, -0.05) is 35.9 Å². The van der Waals surface area contributed by atoms with Crippen molar-refractivity contribution in [3.8, 4) is 0 Å². The number of aliphatic hydroxyl groups excluding tert-OH is 1. The lowest BCUT2D eigenvalue weighted by atomic mass is 10.2. The molecule has 0 aliphatic carbocycles. The molecule has 7 heteroatoms. The SMILES string of the molecule is C=PC(C)(NC(O)N(C=O)CCN[C-](C)CC)P=C. The fraction of sp³-hybridized carbons (Fsp3) is 0.667. The number of carbonyl (C=O) groups excluding carboxylic acids is 1. The molecule has 1 amide bonds. The van der Waals surface area contributed by atoms with E-state index in [1.54, 1.807) is 0 Å². The molecule has 19 heavy (non-hydrogen) atoms. The van der Waals surface area contributed by atoms with Gasteiger partial charge in [-0.15, -0.1) is 0 Å². The van der Waals surface area contributed by atoms with Gasteiger partial charge in [-0.25, -0.2) is 0 Å². The second kappa shape index (κ2) is 9.57.